The molecule has 96 valence electrons. The van der Waals surface area contributed by atoms with Crippen LogP contribution in [0.2, 0.25) is 0 Å². The lowest BCUT2D eigenvalue weighted by Gasteiger charge is -2.09. The lowest BCUT2D eigenvalue weighted by Crippen LogP contribution is -2.20. The lowest BCUT2D eigenvalue weighted by atomic mass is 9.99. The molecule has 0 radical (unpaired) electrons. The number of amides is 1. The molecule has 0 saturated carbocycles. The summed E-state index contributed by atoms with van der Waals surface area (Å²) in [6.45, 7) is 0.251. The third kappa shape index (κ3) is 3.19. The second kappa shape index (κ2) is 5.82. The summed E-state index contributed by atoms with van der Waals surface area (Å²) in [7, 11) is 0. The average molecular weight is 255 g/mol. The summed E-state index contributed by atoms with van der Waals surface area (Å²) in [5.74, 6) is 0. The maximum atomic E-state index is 10.6. The van der Waals surface area contributed by atoms with Crippen molar-refractivity contribution in [3.8, 4) is 11.1 Å². The molecule has 0 saturated heterocycles. The van der Waals surface area contributed by atoms with E-state index in [1.165, 1.54) is 0 Å². The van der Waals surface area contributed by atoms with E-state index >= 15 is 0 Å². The van der Waals surface area contributed by atoms with Gasteiger partial charge in [-0.1, -0.05) is 48.5 Å². The summed E-state index contributed by atoms with van der Waals surface area (Å²) in [5.41, 5.74) is 3.41. The Morgan fingerprint density at radius 3 is 2.42 bits per heavy atom. The zero-order valence-corrected chi connectivity index (χ0v) is 10.2. The molecule has 0 atom stereocenters. The minimum atomic E-state index is -1.05. The number of hydrogen-bond acceptors (Lipinski definition) is 2. The van der Waals surface area contributed by atoms with E-state index in [1.54, 1.807) is 12.1 Å². The molecule has 0 aromatic heterocycles. The van der Waals surface area contributed by atoms with Crippen molar-refractivity contribution in [2.45, 2.75) is 6.54 Å². The molecule has 19 heavy (non-hydrogen) atoms. The van der Waals surface area contributed by atoms with Gasteiger partial charge in [-0.05, 0) is 16.7 Å². The van der Waals surface area contributed by atoms with Gasteiger partial charge in [-0.2, -0.15) is 0 Å². The summed E-state index contributed by atoms with van der Waals surface area (Å²) in [6, 6.07) is 14.7. The van der Waals surface area contributed by atoms with E-state index in [0.717, 1.165) is 23.0 Å². The Kier molecular flexibility index (Phi) is 3.93. The monoisotopic (exact) mass is 255 g/mol. The van der Waals surface area contributed by atoms with Crippen molar-refractivity contribution in [3.05, 3.63) is 59.7 Å². The highest BCUT2D eigenvalue weighted by molar-refractivity contribution is 5.77. The fraction of sp³-hybridized carbons (Fsp3) is 0.0667. The van der Waals surface area contributed by atoms with Crippen LogP contribution in [0.1, 0.15) is 15.9 Å². The molecule has 2 N–H and O–H groups in total. The molecule has 2 aromatic carbocycles. The minimum Gasteiger partial charge on any atom is -0.465 e. The van der Waals surface area contributed by atoms with E-state index in [1.807, 2.05) is 36.4 Å². The van der Waals surface area contributed by atoms with Gasteiger partial charge in [0.2, 0.25) is 0 Å². The van der Waals surface area contributed by atoms with Crippen LogP contribution in [0, 0.1) is 0 Å². The van der Waals surface area contributed by atoms with Crippen molar-refractivity contribution in [2.75, 3.05) is 0 Å². The molecule has 4 heteroatoms. The van der Waals surface area contributed by atoms with Gasteiger partial charge in [-0.15, -0.1) is 0 Å². The fourth-order valence-electron chi connectivity index (χ4n) is 1.87. The minimum absolute atomic E-state index is 0.251. The predicted octanol–water partition coefficient (Wildman–Crippen LogP) is 2.93. The van der Waals surface area contributed by atoms with Gasteiger partial charge >= 0.3 is 6.09 Å². The Morgan fingerprint density at radius 1 is 1.11 bits per heavy atom. The van der Waals surface area contributed by atoms with Crippen LogP contribution in [0.3, 0.4) is 0 Å². The third-order valence-corrected chi connectivity index (χ3v) is 2.81. The highest BCUT2D eigenvalue weighted by Crippen LogP contribution is 2.23. The Bertz CT molecular complexity index is 591. The first kappa shape index (κ1) is 12.8. The van der Waals surface area contributed by atoms with Gasteiger partial charge < -0.3 is 10.4 Å². The van der Waals surface area contributed by atoms with Gasteiger partial charge in [0.15, 0.2) is 0 Å². The van der Waals surface area contributed by atoms with E-state index in [9.17, 15) is 9.59 Å². The molecule has 0 heterocycles. The zero-order valence-electron chi connectivity index (χ0n) is 10.2. The molecule has 0 spiro atoms. The van der Waals surface area contributed by atoms with Crippen LogP contribution in [0.4, 0.5) is 4.79 Å². The first-order valence-electron chi connectivity index (χ1n) is 5.81. The van der Waals surface area contributed by atoms with Crippen LogP contribution in [-0.2, 0) is 6.54 Å². The summed E-state index contributed by atoms with van der Waals surface area (Å²) in [4.78, 5) is 21.2. The SMILES string of the molecule is O=Cc1ccc(-c2ccccc2CNC(=O)O)cc1. The molecular weight excluding hydrogens is 242 g/mol. The first-order valence-corrected chi connectivity index (χ1v) is 5.81. The van der Waals surface area contributed by atoms with Crippen LogP contribution in [0.15, 0.2) is 48.5 Å². The molecule has 2 aromatic rings. The standard InChI is InChI=1S/C15H13NO3/c17-10-11-5-7-12(8-6-11)14-4-2-1-3-13(14)9-16-15(18)19/h1-8,10,16H,9H2,(H,18,19). The number of benzene rings is 2. The highest BCUT2D eigenvalue weighted by Gasteiger charge is 2.05. The van der Waals surface area contributed by atoms with Crippen molar-refractivity contribution in [1.29, 1.82) is 0 Å². The molecule has 0 unspecified atom stereocenters. The largest absolute Gasteiger partial charge is 0.465 e. The molecule has 0 aliphatic carbocycles. The Morgan fingerprint density at radius 2 is 1.79 bits per heavy atom. The van der Waals surface area contributed by atoms with Crippen LogP contribution >= 0.6 is 0 Å². The van der Waals surface area contributed by atoms with Crippen molar-refractivity contribution in [1.82, 2.24) is 5.32 Å². The molecule has 0 aliphatic rings. The summed E-state index contributed by atoms with van der Waals surface area (Å²) < 4.78 is 0. The van der Waals surface area contributed by atoms with Crippen LogP contribution < -0.4 is 5.32 Å². The van der Waals surface area contributed by atoms with E-state index in [-0.39, 0.29) is 6.54 Å². The van der Waals surface area contributed by atoms with Crippen molar-refractivity contribution in [2.24, 2.45) is 0 Å². The molecule has 0 fully saturated rings. The molecule has 2 rings (SSSR count). The number of hydrogen-bond donors (Lipinski definition) is 2. The fourth-order valence-corrected chi connectivity index (χ4v) is 1.87. The van der Waals surface area contributed by atoms with Crippen LogP contribution in [0.25, 0.3) is 11.1 Å². The number of carboxylic acid groups (broad SMARTS) is 1. The molecular formula is C15H13NO3. The Hall–Kier alpha value is -2.62. The highest BCUT2D eigenvalue weighted by atomic mass is 16.4. The van der Waals surface area contributed by atoms with Crippen molar-refractivity contribution >= 4 is 12.4 Å². The number of carbonyl (C=O) groups excluding carboxylic acids is 1. The van der Waals surface area contributed by atoms with Crippen LogP contribution in [-0.4, -0.2) is 17.5 Å². The summed E-state index contributed by atoms with van der Waals surface area (Å²) >= 11 is 0. The Balaban J connectivity index is 2.32. The first-order chi connectivity index (χ1) is 9.20. The number of aldehydes is 1. The van der Waals surface area contributed by atoms with Gasteiger partial charge in [-0.25, -0.2) is 4.79 Å². The van der Waals surface area contributed by atoms with Gasteiger partial charge in [0, 0.05) is 12.1 Å². The smallest absolute Gasteiger partial charge is 0.404 e. The normalized spacial score (nSPS) is 9.89. The second-order valence-electron chi connectivity index (χ2n) is 4.06. The molecule has 0 aliphatic heterocycles. The third-order valence-electron chi connectivity index (χ3n) is 2.81. The quantitative estimate of drug-likeness (QED) is 0.825. The van der Waals surface area contributed by atoms with E-state index < -0.39 is 6.09 Å². The van der Waals surface area contributed by atoms with Crippen LogP contribution in [0.5, 0.6) is 0 Å². The van der Waals surface area contributed by atoms with Gasteiger partial charge in [0.05, 0.1) is 0 Å². The average Bonchev–Trinajstić information content (AvgIpc) is 2.45. The predicted molar refractivity (Wildman–Crippen MR) is 72.1 cm³/mol. The number of rotatable bonds is 4. The zero-order chi connectivity index (χ0) is 13.7. The summed E-state index contributed by atoms with van der Waals surface area (Å²) in [6.07, 6.45) is -0.257. The van der Waals surface area contributed by atoms with E-state index in [4.69, 9.17) is 5.11 Å². The maximum Gasteiger partial charge on any atom is 0.404 e. The lowest BCUT2D eigenvalue weighted by molar-refractivity contribution is 0.112. The van der Waals surface area contributed by atoms with Gasteiger partial charge in [0.25, 0.3) is 0 Å². The summed E-state index contributed by atoms with van der Waals surface area (Å²) in [5, 5.41) is 11.0. The topological polar surface area (TPSA) is 66.4 Å². The molecule has 0 bridgehead atoms. The van der Waals surface area contributed by atoms with Gasteiger partial charge in [0.1, 0.15) is 6.29 Å². The van der Waals surface area contributed by atoms with Crippen molar-refractivity contribution < 1.29 is 14.7 Å². The van der Waals surface area contributed by atoms with Crippen molar-refractivity contribution in [3.63, 3.8) is 0 Å². The number of nitrogens with one attached hydrogen (secondary N) is 1. The Labute approximate surface area is 110 Å². The van der Waals surface area contributed by atoms with E-state index in [2.05, 4.69) is 5.32 Å². The van der Waals surface area contributed by atoms with Gasteiger partial charge in [-0.3, -0.25) is 4.79 Å². The second-order valence-corrected chi connectivity index (χ2v) is 4.06. The number of carbonyl (C=O) groups is 2. The molecule has 4 nitrogen and oxygen atoms in total. The maximum absolute atomic E-state index is 10.6. The van der Waals surface area contributed by atoms with E-state index in [0.29, 0.717) is 5.56 Å². The molecule has 1 amide bonds.